The first-order valence-electron chi connectivity index (χ1n) is 8.14. The van der Waals surface area contributed by atoms with Crippen molar-refractivity contribution in [2.45, 2.75) is 25.3 Å². The van der Waals surface area contributed by atoms with Crippen LogP contribution in [0.1, 0.15) is 40.0 Å². The molecule has 0 aromatic heterocycles. The molecule has 2 amide bonds. The summed E-state index contributed by atoms with van der Waals surface area (Å²) < 4.78 is 26.6. The Morgan fingerprint density at radius 1 is 1.16 bits per heavy atom. The lowest BCUT2D eigenvalue weighted by Gasteiger charge is -2.15. The summed E-state index contributed by atoms with van der Waals surface area (Å²) in [6.45, 7) is 1.41. The minimum absolute atomic E-state index is 0. The fourth-order valence-corrected chi connectivity index (χ4v) is 4.19. The Kier molecular flexibility index (Phi) is 6.56. The lowest BCUT2D eigenvalue weighted by atomic mass is 10.1. The van der Waals surface area contributed by atoms with Gasteiger partial charge in [0, 0.05) is 19.1 Å². The van der Waals surface area contributed by atoms with Gasteiger partial charge in [-0.25, -0.2) is 13.1 Å². The highest BCUT2D eigenvalue weighted by Crippen LogP contribution is 2.22. The summed E-state index contributed by atoms with van der Waals surface area (Å²) in [6.07, 6.45) is 2.25. The third-order valence-corrected chi connectivity index (χ3v) is 5.82. The number of imide groups is 1. The highest BCUT2D eigenvalue weighted by Gasteiger charge is 2.34. The summed E-state index contributed by atoms with van der Waals surface area (Å²) in [4.78, 5) is 25.5. The summed E-state index contributed by atoms with van der Waals surface area (Å²) in [7, 11) is -3.40. The summed E-state index contributed by atoms with van der Waals surface area (Å²) >= 11 is 0. The van der Waals surface area contributed by atoms with Crippen molar-refractivity contribution in [1.29, 1.82) is 0 Å². The van der Waals surface area contributed by atoms with Crippen molar-refractivity contribution in [2.75, 3.05) is 25.4 Å². The van der Waals surface area contributed by atoms with Gasteiger partial charge in [0.25, 0.3) is 11.8 Å². The van der Waals surface area contributed by atoms with Crippen LogP contribution >= 0.6 is 12.4 Å². The average Bonchev–Trinajstić information content (AvgIpc) is 3.16. The summed E-state index contributed by atoms with van der Waals surface area (Å²) in [6, 6.07) is 6.83. The van der Waals surface area contributed by atoms with Gasteiger partial charge in [-0.15, -0.1) is 12.4 Å². The molecule has 1 fully saturated rings. The summed E-state index contributed by atoms with van der Waals surface area (Å²) in [5.74, 6) is -0.806. The lowest BCUT2D eigenvalue weighted by Crippen LogP contribution is -2.39. The second-order valence-corrected chi connectivity index (χ2v) is 8.05. The smallest absolute Gasteiger partial charge is 0.261 e. The molecule has 0 spiro atoms. The van der Waals surface area contributed by atoms with Gasteiger partial charge in [-0.2, -0.15) is 0 Å². The first-order valence-corrected chi connectivity index (χ1v) is 9.79. The zero-order valence-corrected chi connectivity index (χ0v) is 15.4. The Balaban J connectivity index is 0.00000225. The summed E-state index contributed by atoms with van der Waals surface area (Å²) in [5.41, 5.74) is 0.770. The molecule has 7 nitrogen and oxygen atoms in total. The minimum Gasteiger partial charge on any atom is -0.313 e. The van der Waals surface area contributed by atoms with Crippen LogP contribution in [0.5, 0.6) is 0 Å². The molecule has 3 rings (SSSR count). The molecule has 1 unspecified atom stereocenters. The zero-order valence-electron chi connectivity index (χ0n) is 13.7. The number of benzene rings is 1. The van der Waals surface area contributed by atoms with Crippen LogP contribution in [0.3, 0.4) is 0 Å². The predicted molar refractivity (Wildman–Crippen MR) is 96.5 cm³/mol. The van der Waals surface area contributed by atoms with E-state index >= 15 is 0 Å². The largest absolute Gasteiger partial charge is 0.313 e. The van der Waals surface area contributed by atoms with Crippen molar-refractivity contribution in [2.24, 2.45) is 0 Å². The normalized spacial score (nSPS) is 19.8. The maximum atomic E-state index is 12.2. The number of halogens is 1. The van der Waals surface area contributed by atoms with Crippen LogP contribution < -0.4 is 10.0 Å². The highest BCUT2D eigenvalue weighted by molar-refractivity contribution is 7.89. The van der Waals surface area contributed by atoms with Crippen LogP contribution in [0.4, 0.5) is 0 Å². The predicted octanol–water partition coefficient (Wildman–Crippen LogP) is 0.766. The molecule has 138 valence electrons. The van der Waals surface area contributed by atoms with Gasteiger partial charge < -0.3 is 5.32 Å². The topological polar surface area (TPSA) is 95.6 Å². The second kappa shape index (κ2) is 8.27. The number of fused-ring (bicyclic) bond motifs is 1. The van der Waals surface area contributed by atoms with Crippen LogP contribution in [-0.4, -0.2) is 56.6 Å². The molecule has 2 aliphatic heterocycles. The number of carbonyl (C=O) groups is 2. The van der Waals surface area contributed by atoms with Gasteiger partial charge in [-0.3, -0.25) is 14.5 Å². The maximum absolute atomic E-state index is 12.2. The molecule has 2 heterocycles. The Labute approximate surface area is 153 Å². The van der Waals surface area contributed by atoms with Gasteiger partial charge >= 0.3 is 0 Å². The third-order valence-electron chi connectivity index (χ3n) is 4.38. The first kappa shape index (κ1) is 19.8. The molecule has 1 saturated heterocycles. The Morgan fingerprint density at radius 2 is 1.80 bits per heavy atom. The van der Waals surface area contributed by atoms with Crippen molar-refractivity contribution < 1.29 is 18.0 Å². The fourth-order valence-electron chi connectivity index (χ4n) is 3.09. The minimum atomic E-state index is -3.40. The molecule has 2 aliphatic rings. The van der Waals surface area contributed by atoms with Crippen molar-refractivity contribution in [3.8, 4) is 0 Å². The van der Waals surface area contributed by atoms with E-state index in [1.54, 1.807) is 24.3 Å². The molecule has 1 aromatic carbocycles. The van der Waals surface area contributed by atoms with Gasteiger partial charge in [-0.1, -0.05) is 12.1 Å². The monoisotopic (exact) mass is 387 g/mol. The highest BCUT2D eigenvalue weighted by atomic mass is 35.5. The zero-order chi connectivity index (χ0) is 17.2. The van der Waals surface area contributed by atoms with E-state index in [2.05, 4.69) is 10.0 Å². The molecule has 0 saturated carbocycles. The van der Waals surface area contributed by atoms with Crippen LogP contribution in [0.2, 0.25) is 0 Å². The second-order valence-electron chi connectivity index (χ2n) is 6.12. The van der Waals surface area contributed by atoms with E-state index in [9.17, 15) is 18.0 Å². The van der Waals surface area contributed by atoms with Gasteiger partial charge in [0.15, 0.2) is 0 Å². The number of sulfonamides is 1. The molecule has 0 radical (unpaired) electrons. The molecular weight excluding hydrogens is 366 g/mol. The quantitative estimate of drug-likeness (QED) is 0.673. The number of nitrogens with zero attached hydrogens (tertiary/aromatic N) is 1. The van der Waals surface area contributed by atoms with E-state index < -0.39 is 10.0 Å². The SMILES string of the molecule is Cl.O=C1c2ccccc2C(=O)N1CCCS(=O)(=O)NCC1CCCN1. The number of hydrogen-bond acceptors (Lipinski definition) is 5. The lowest BCUT2D eigenvalue weighted by molar-refractivity contribution is 0.0654. The van der Waals surface area contributed by atoms with Gasteiger partial charge in [-0.05, 0) is 37.9 Å². The van der Waals surface area contributed by atoms with E-state index in [0.717, 1.165) is 24.3 Å². The molecule has 25 heavy (non-hydrogen) atoms. The van der Waals surface area contributed by atoms with E-state index in [-0.39, 0.29) is 49.0 Å². The van der Waals surface area contributed by atoms with Gasteiger partial charge in [0.2, 0.25) is 10.0 Å². The number of amides is 2. The maximum Gasteiger partial charge on any atom is 0.261 e. The molecule has 9 heteroatoms. The average molecular weight is 388 g/mol. The van der Waals surface area contributed by atoms with E-state index in [1.165, 1.54) is 0 Å². The number of nitrogens with one attached hydrogen (secondary N) is 2. The van der Waals surface area contributed by atoms with E-state index in [4.69, 9.17) is 0 Å². The number of hydrogen-bond donors (Lipinski definition) is 2. The van der Waals surface area contributed by atoms with Crippen molar-refractivity contribution in [3.05, 3.63) is 35.4 Å². The molecule has 1 atom stereocenters. The Morgan fingerprint density at radius 3 is 2.36 bits per heavy atom. The van der Waals surface area contributed by atoms with E-state index in [0.29, 0.717) is 17.7 Å². The van der Waals surface area contributed by atoms with Crippen LogP contribution in [0.15, 0.2) is 24.3 Å². The van der Waals surface area contributed by atoms with Crippen LogP contribution in [-0.2, 0) is 10.0 Å². The van der Waals surface area contributed by atoms with Gasteiger partial charge in [0.1, 0.15) is 0 Å². The summed E-state index contributed by atoms with van der Waals surface area (Å²) in [5, 5.41) is 3.23. The van der Waals surface area contributed by atoms with Gasteiger partial charge in [0.05, 0.1) is 16.9 Å². The first-order chi connectivity index (χ1) is 11.5. The van der Waals surface area contributed by atoms with E-state index in [1.807, 2.05) is 0 Å². The molecule has 0 bridgehead atoms. The van der Waals surface area contributed by atoms with Crippen molar-refractivity contribution >= 4 is 34.2 Å². The standard InChI is InChI=1S/C16H21N3O4S.ClH/c20-15-13-6-1-2-7-14(13)16(21)19(15)9-4-10-24(22,23)18-11-12-5-3-8-17-12;/h1-2,6-7,12,17-18H,3-5,8-11H2;1H. The molecular formula is C16H22ClN3O4S. The Bertz CT molecular complexity index is 713. The van der Waals surface area contributed by atoms with Crippen molar-refractivity contribution in [3.63, 3.8) is 0 Å². The molecule has 0 aliphatic carbocycles. The molecule has 1 aromatic rings. The van der Waals surface area contributed by atoms with Crippen molar-refractivity contribution in [1.82, 2.24) is 14.9 Å². The number of carbonyl (C=O) groups excluding carboxylic acids is 2. The molecule has 2 N–H and O–H groups in total. The van der Waals surface area contributed by atoms with Crippen LogP contribution in [0.25, 0.3) is 0 Å². The number of rotatable bonds is 7. The Hall–Kier alpha value is -1.48. The fraction of sp³-hybridized carbons (Fsp3) is 0.500. The third kappa shape index (κ3) is 4.58. The van der Waals surface area contributed by atoms with Crippen LogP contribution in [0, 0.1) is 0 Å².